The minimum atomic E-state index is -1.08. The van der Waals surface area contributed by atoms with E-state index >= 15 is 0 Å². The third-order valence-corrected chi connectivity index (χ3v) is 8.02. The summed E-state index contributed by atoms with van der Waals surface area (Å²) in [6, 6.07) is 11.4. The van der Waals surface area contributed by atoms with Gasteiger partial charge in [-0.1, -0.05) is 18.2 Å². The number of piperidine rings is 1. The number of anilines is 4. The molecule has 1 aliphatic heterocycles. The van der Waals surface area contributed by atoms with E-state index in [2.05, 4.69) is 37.6 Å². The van der Waals surface area contributed by atoms with Gasteiger partial charge in [0.05, 0.1) is 6.20 Å². The molecular formula is C29H31F3N8O. The van der Waals surface area contributed by atoms with Gasteiger partial charge in [0.25, 0.3) is 0 Å². The number of nitrogens with one attached hydrogen (secondary N) is 2. The number of primary amides is 1. The fourth-order valence-electron chi connectivity index (χ4n) is 5.94. The zero-order valence-corrected chi connectivity index (χ0v) is 22.4. The molecule has 0 bridgehead atoms. The molecule has 0 radical (unpaired) electrons. The Labute approximate surface area is 235 Å². The molecule has 214 valence electrons. The van der Waals surface area contributed by atoms with E-state index in [9.17, 15) is 18.0 Å². The highest BCUT2D eigenvalue weighted by Gasteiger charge is 2.30. The Morgan fingerprint density at radius 3 is 2.41 bits per heavy atom. The molecule has 4 aromatic rings. The molecule has 2 aromatic carbocycles. The summed E-state index contributed by atoms with van der Waals surface area (Å²) in [6.07, 6.45) is 5.90. The quantitative estimate of drug-likeness (QED) is 0.280. The minimum absolute atomic E-state index is 0.115. The van der Waals surface area contributed by atoms with Crippen LogP contribution in [0.4, 0.5) is 36.4 Å². The molecule has 1 amide bonds. The Hall–Kier alpha value is -4.35. The van der Waals surface area contributed by atoms with Gasteiger partial charge in [-0.3, -0.25) is 9.36 Å². The summed E-state index contributed by atoms with van der Waals surface area (Å²) >= 11 is 0. The number of hydrogen-bond donors (Lipinski definition) is 3. The van der Waals surface area contributed by atoms with Gasteiger partial charge in [-0.25, -0.2) is 23.1 Å². The predicted octanol–water partition coefficient (Wildman–Crippen LogP) is 5.28. The van der Waals surface area contributed by atoms with Gasteiger partial charge >= 0.3 is 0 Å². The summed E-state index contributed by atoms with van der Waals surface area (Å²) in [5, 5.41) is 6.19. The van der Waals surface area contributed by atoms with Crippen LogP contribution >= 0.6 is 0 Å². The highest BCUT2D eigenvalue weighted by molar-refractivity contribution is 5.78. The van der Waals surface area contributed by atoms with Crippen LogP contribution in [-0.4, -0.2) is 44.6 Å². The monoisotopic (exact) mass is 564 g/mol. The molecule has 2 fully saturated rings. The number of nitrogens with zero attached hydrogens (tertiary/aromatic N) is 5. The van der Waals surface area contributed by atoms with Gasteiger partial charge in [0.1, 0.15) is 17.0 Å². The Bertz CT molecular complexity index is 1530. The maximum absolute atomic E-state index is 14.6. The third kappa shape index (κ3) is 5.63. The van der Waals surface area contributed by atoms with Gasteiger partial charge in [-0.2, -0.15) is 4.98 Å². The number of halogens is 3. The average Bonchev–Trinajstić information content (AvgIpc) is 3.33. The number of fused-ring (bicyclic) bond motifs is 1. The van der Waals surface area contributed by atoms with Crippen molar-refractivity contribution in [3.8, 4) is 0 Å². The van der Waals surface area contributed by atoms with E-state index in [1.165, 1.54) is 0 Å². The maximum Gasteiger partial charge on any atom is 0.225 e. The summed E-state index contributed by atoms with van der Waals surface area (Å²) in [5.74, 6) is -3.14. The Balaban J connectivity index is 1.31. The molecule has 1 atom stereocenters. The lowest BCUT2D eigenvalue weighted by molar-refractivity contribution is -0.122. The number of rotatable bonds is 7. The van der Waals surface area contributed by atoms with Crippen molar-refractivity contribution in [3.63, 3.8) is 0 Å². The summed E-state index contributed by atoms with van der Waals surface area (Å²) in [4.78, 5) is 27.9. The standard InChI is InChI=1S/C29H31F3N8O/c30-18-13-22(31)25(23(32)14-18)37-29-36-24-15-34-28(35-19-5-4-12-39(16-19)20-6-2-1-3-7-20)38-27(24)40(29)21-10-8-17(9-11-21)26(33)41/h1-3,6-7,13-15,17,19,21H,4-5,8-12,16H2,(H2,33,41)(H,36,37)(H,34,35,38). The molecule has 9 nitrogen and oxygen atoms in total. The number of nitrogens with two attached hydrogens (primary N) is 1. The molecule has 4 N–H and O–H groups in total. The van der Waals surface area contributed by atoms with E-state index in [4.69, 9.17) is 10.7 Å². The van der Waals surface area contributed by atoms with E-state index in [0.717, 1.165) is 31.6 Å². The molecular weight excluding hydrogens is 533 g/mol. The van der Waals surface area contributed by atoms with Crippen molar-refractivity contribution in [2.75, 3.05) is 28.6 Å². The molecule has 3 heterocycles. The van der Waals surface area contributed by atoms with Crippen LogP contribution < -0.4 is 21.3 Å². The summed E-state index contributed by atoms with van der Waals surface area (Å²) in [6.45, 7) is 1.76. The normalized spacial score (nSPS) is 21.1. The van der Waals surface area contributed by atoms with E-state index in [1.807, 2.05) is 18.2 Å². The van der Waals surface area contributed by atoms with Gasteiger partial charge in [-0.05, 0) is 50.7 Å². The van der Waals surface area contributed by atoms with Crippen LogP contribution in [0.25, 0.3) is 11.2 Å². The summed E-state index contributed by atoms with van der Waals surface area (Å²) in [7, 11) is 0. The summed E-state index contributed by atoms with van der Waals surface area (Å²) in [5.41, 5.74) is 7.12. The van der Waals surface area contributed by atoms with Crippen LogP contribution in [0.1, 0.15) is 44.6 Å². The van der Waals surface area contributed by atoms with Crippen LogP contribution in [0, 0.1) is 23.4 Å². The van der Waals surface area contributed by atoms with Crippen molar-refractivity contribution < 1.29 is 18.0 Å². The van der Waals surface area contributed by atoms with Crippen molar-refractivity contribution in [1.29, 1.82) is 0 Å². The molecule has 6 rings (SSSR count). The first-order valence-corrected chi connectivity index (χ1v) is 13.9. The summed E-state index contributed by atoms with van der Waals surface area (Å²) < 4.78 is 44.5. The second kappa shape index (κ2) is 11.3. The Kier molecular flexibility index (Phi) is 7.38. The zero-order chi connectivity index (χ0) is 28.5. The average molecular weight is 565 g/mol. The van der Waals surface area contributed by atoms with E-state index in [0.29, 0.717) is 54.9 Å². The van der Waals surface area contributed by atoms with Crippen LogP contribution in [0.2, 0.25) is 0 Å². The highest BCUT2D eigenvalue weighted by Crippen LogP contribution is 2.37. The number of para-hydroxylation sites is 1. The van der Waals surface area contributed by atoms with Crippen molar-refractivity contribution in [3.05, 3.63) is 66.1 Å². The Morgan fingerprint density at radius 2 is 1.71 bits per heavy atom. The third-order valence-electron chi connectivity index (χ3n) is 8.02. The lowest BCUT2D eigenvalue weighted by Gasteiger charge is -2.34. The Morgan fingerprint density at radius 1 is 0.976 bits per heavy atom. The first kappa shape index (κ1) is 26.9. The van der Waals surface area contributed by atoms with E-state index < -0.39 is 23.1 Å². The number of hydrogen-bond acceptors (Lipinski definition) is 7. The van der Waals surface area contributed by atoms with Gasteiger partial charge in [0, 0.05) is 48.9 Å². The minimum Gasteiger partial charge on any atom is -0.369 e. The number of carbonyl (C=O) groups is 1. The van der Waals surface area contributed by atoms with E-state index in [-0.39, 0.29) is 29.9 Å². The largest absolute Gasteiger partial charge is 0.369 e. The van der Waals surface area contributed by atoms with Crippen LogP contribution in [-0.2, 0) is 4.79 Å². The van der Waals surface area contributed by atoms with Gasteiger partial charge in [-0.15, -0.1) is 0 Å². The number of imidazole rings is 1. The number of amides is 1. The molecule has 2 aliphatic rings. The van der Waals surface area contributed by atoms with E-state index in [1.54, 1.807) is 10.8 Å². The van der Waals surface area contributed by atoms with Crippen LogP contribution in [0.5, 0.6) is 0 Å². The zero-order valence-electron chi connectivity index (χ0n) is 22.4. The van der Waals surface area contributed by atoms with Crippen molar-refractivity contribution in [1.82, 2.24) is 19.5 Å². The van der Waals surface area contributed by atoms with Crippen molar-refractivity contribution in [2.45, 2.75) is 50.6 Å². The molecule has 12 heteroatoms. The van der Waals surface area contributed by atoms with Gasteiger partial charge in [0.15, 0.2) is 17.3 Å². The number of benzene rings is 2. The fraction of sp³-hybridized carbons (Fsp3) is 0.379. The second-order valence-corrected chi connectivity index (χ2v) is 10.8. The number of carbonyl (C=O) groups excluding carboxylic acids is 1. The molecule has 1 saturated heterocycles. The number of aromatic nitrogens is 4. The molecule has 1 unspecified atom stereocenters. The first-order valence-electron chi connectivity index (χ1n) is 13.9. The van der Waals surface area contributed by atoms with Crippen LogP contribution in [0.3, 0.4) is 0 Å². The van der Waals surface area contributed by atoms with Crippen molar-refractivity contribution >= 4 is 40.3 Å². The molecule has 41 heavy (non-hydrogen) atoms. The molecule has 0 spiro atoms. The molecule has 1 saturated carbocycles. The lowest BCUT2D eigenvalue weighted by atomic mass is 9.85. The SMILES string of the molecule is NC(=O)C1CCC(n2c(Nc3c(F)cc(F)cc3F)nc3cnc(NC4CCCN(c5ccccc5)C4)nc32)CC1. The lowest BCUT2D eigenvalue weighted by Crippen LogP contribution is -2.42. The molecule has 2 aromatic heterocycles. The highest BCUT2D eigenvalue weighted by atomic mass is 19.1. The first-order chi connectivity index (χ1) is 19.9. The van der Waals surface area contributed by atoms with Gasteiger partial charge in [0.2, 0.25) is 17.8 Å². The predicted molar refractivity (Wildman–Crippen MR) is 150 cm³/mol. The van der Waals surface area contributed by atoms with Crippen molar-refractivity contribution in [2.24, 2.45) is 11.7 Å². The molecule has 1 aliphatic carbocycles. The maximum atomic E-state index is 14.6. The smallest absolute Gasteiger partial charge is 0.225 e. The fourth-order valence-corrected chi connectivity index (χ4v) is 5.94. The van der Waals surface area contributed by atoms with Gasteiger partial charge < -0.3 is 21.3 Å². The topological polar surface area (TPSA) is 114 Å². The van der Waals surface area contributed by atoms with Crippen LogP contribution in [0.15, 0.2) is 48.7 Å². The second-order valence-electron chi connectivity index (χ2n) is 10.8.